The third kappa shape index (κ3) is 4.35. The Hall–Kier alpha value is -1.30. The molecule has 2 aliphatic rings. The lowest BCUT2D eigenvalue weighted by Gasteiger charge is -2.41. The van der Waals surface area contributed by atoms with E-state index in [1.807, 2.05) is 13.8 Å². The molecule has 0 saturated carbocycles. The summed E-state index contributed by atoms with van der Waals surface area (Å²) in [4.78, 5) is 27.7. The van der Waals surface area contributed by atoms with Gasteiger partial charge in [0.2, 0.25) is 0 Å². The summed E-state index contributed by atoms with van der Waals surface area (Å²) in [6, 6.07) is 0.522. The minimum atomic E-state index is -0.193. The first-order valence-electron chi connectivity index (χ1n) is 8.48. The van der Waals surface area contributed by atoms with Crippen molar-refractivity contribution in [1.29, 1.82) is 0 Å². The van der Waals surface area contributed by atoms with E-state index in [1.54, 1.807) is 4.90 Å². The third-order valence-corrected chi connectivity index (χ3v) is 4.66. The maximum Gasteiger partial charge on any atom is 0.409 e. The highest BCUT2D eigenvalue weighted by Gasteiger charge is 2.32. The summed E-state index contributed by atoms with van der Waals surface area (Å²) in [6.45, 7) is 8.01. The Kier molecular flexibility index (Phi) is 6.49. The lowest BCUT2D eigenvalue weighted by Crippen LogP contribution is -2.49. The van der Waals surface area contributed by atoms with Crippen molar-refractivity contribution in [3.05, 3.63) is 0 Å². The zero-order valence-corrected chi connectivity index (χ0v) is 13.8. The average molecular weight is 312 g/mol. The topological polar surface area (TPSA) is 59.1 Å². The number of hydrogen-bond donors (Lipinski definition) is 0. The van der Waals surface area contributed by atoms with Crippen molar-refractivity contribution in [2.75, 3.05) is 39.4 Å². The Balaban J connectivity index is 1.72. The normalized spacial score (nSPS) is 21.6. The molecule has 126 valence electrons. The van der Waals surface area contributed by atoms with Crippen LogP contribution in [0.3, 0.4) is 0 Å². The number of hydrogen-bond acceptors (Lipinski definition) is 5. The molecule has 2 fully saturated rings. The van der Waals surface area contributed by atoms with E-state index >= 15 is 0 Å². The van der Waals surface area contributed by atoms with Crippen LogP contribution in [0.4, 0.5) is 4.79 Å². The van der Waals surface area contributed by atoms with Gasteiger partial charge in [-0.2, -0.15) is 0 Å². The Morgan fingerprint density at radius 1 is 0.909 bits per heavy atom. The maximum atomic E-state index is 11.8. The Morgan fingerprint density at radius 2 is 1.50 bits per heavy atom. The third-order valence-electron chi connectivity index (χ3n) is 4.66. The van der Waals surface area contributed by atoms with Gasteiger partial charge >= 0.3 is 12.1 Å². The van der Waals surface area contributed by atoms with Gasteiger partial charge in [-0.15, -0.1) is 0 Å². The van der Waals surface area contributed by atoms with E-state index in [1.165, 1.54) is 0 Å². The smallest absolute Gasteiger partial charge is 0.409 e. The summed E-state index contributed by atoms with van der Waals surface area (Å²) in [7, 11) is 0. The fraction of sp³-hybridized carbons (Fsp3) is 0.875. The largest absolute Gasteiger partial charge is 0.466 e. The molecule has 0 aliphatic carbocycles. The second-order valence-corrected chi connectivity index (χ2v) is 5.98. The van der Waals surface area contributed by atoms with E-state index in [2.05, 4.69) is 4.90 Å². The van der Waals surface area contributed by atoms with Crippen LogP contribution in [-0.2, 0) is 14.3 Å². The van der Waals surface area contributed by atoms with Crippen molar-refractivity contribution < 1.29 is 19.1 Å². The lowest BCUT2D eigenvalue weighted by molar-refractivity contribution is -0.149. The number of likely N-dealkylation sites (tertiary alicyclic amines) is 2. The van der Waals surface area contributed by atoms with Gasteiger partial charge < -0.3 is 19.3 Å². The van der Waals surface area contributed by atoms with Crippen molar-refractivity contribution in [2.24, 2.45) is 5.92 Å². The van der Waals surface area contributed by atoms with Crippen LogP contribution < -0.4 is 0 Å². The number of rotatable bonds is 4. The summed E-state index contributed by atoms with van der Waals surface area (Å²) >= 11 is 0. The summed E-state index contributed by atoms with van der Waals surface area (Å²) in [5, 5.41) is 0. The van der Waals surface area contributed by atoms with E-state index in [4.69, 9.17) is 9.47 Å². The molecule has 0 aromatic rings. The summed E-state index contributed by atoms with van der Waals surface area (Å²) in [5.74, 6) is 0.0232. The molecule has 6 heteroatoms. The van der Waals surface area contributed by atoms with Crippen molar-refractivity contribution in [2.45, 2.75) is 45.6 Å². The standard InChI is InChI=1S/C16H28N2O4/c1-3-21-15(19)13-5-9-17(10-6-13)14-7-11-18(12-8-14)16(20)22-4-2/h13-14H,3-12H2,1-2H3. The average Bonchev–Trinajstić information content (AvgIpc) is 2.55. The van der Waals surface area contributed by atoms with Crippen molar-refractivity contribution in [3.8, 4) is 0 Å². The first-order chi connectivity index (χ1) is 10.7. The quantitative estimate of drug-likeness (QED) is 0.742. The second kappa shape index (κ2) is 8.36. The second-order valence-electron chi connectivity index (χ2n) is 5.98. The Labute approximate surface area is 132 Å². The molecule has 0 atom stereocenters. The number of esters is 1. The number of nitrogens with zero attached hydrogens (tertiary/aromatic N) is 2. The summed E-state index contributed by atoms with van der Waals surface area (Å²) in [6.07, 6.45) is 3.56. The van der Waals surface area contributed by atoms with E-state index in [0.717, 1.165) is 51.9 Å². The van der Waals surface area contributed by atoms with Crippen LogP contribution in [0.5, 0.6) is 0 Å². The molecular formula is C16H28N2O4. The van der Waals surface area contributed by atoms with Gasteiger partial charge in [-0.3, -0.25) is 4.79 Å². The SMILES string of the molecule is CCOC(=O)C1CCN(C2CCN(C(=O)OCC)CC2)CC1. The molecule has 0 bridgehead atoms. The van der Waals surface area contributed by atoms with Crippen molar-refractivity contribution >= 4 is 12.1 Å². The van der Waals surface area contributed by atoms with Gasteiger partial charge in [0.1, 0.15) is 0 Å². The zero-order chi connectivity index (χ0) is 15.9. The van der Waals surface area contributed by atoms with Gasteiger partial charge in [0.25, 0.3) is 0 Å². The van der Waals surface area contributed by atoms with Crippen molar-refractivity contribution in [1.82, 2.24) is 9.80 Å². The number of amides is 1. The molecule has 2 rings (SSSR count). The molecule has 22 heavy (non-hydrogen) atoms. The highest BCUT2D eigenvalue weighted by atomic mass is 16.6. The summed E-state index contributed by atoms with van der Waals surface area (Å²) < 4.78 is 10.2. The van der Waals surface area contributed by atoms with E-state index < -0.39 is 0 Å². The zero-order valence-electron chi connectivity index (χ0n) is 13.8. The fourth-order valence-electron chi connectivity index (χ4n) is 3.39. The van der Waals surface area contributed by atoms with E-state index in [-0.39, 0.29) is 18.0 Å². The Bertz CT molecular complexity index is 336. The van der Waals surface area contributed by atoms with E-state index in [0.29, 0.717) is 19.3 Å². The molecule has 1 amide bonds. The van der Waals surface area contributed by atoms with Crippen LogP contribution >= 0.6 is 0 Å². The van der Waals surface area contributed by atoms with Gasteiger partial charge in [0, 0.05) is 19.1 Å². The van der Waals surface area contributed by atoms with Gasteiger partial charge in [-0.25, -0.2) is 4.79 Å². The lowest BCUT2D eigenvalue weighted by atomic mass is 9.93. The van der Waals surface area contributed by atoms with Crippen LogP contribution in [0.15, 0.2) is 0 Å². The van der Waals surface area contributed by atoms with Crippen LogP contribution in [0.2, 0.25) is 0 Å². The molecule has 0 spiro atoms. The summed E-state index contributed by atoms with van der Waals surface area (Å²) in [5.41, 5.74) is 0. The van der Waals surface area contributed by atoms with Crippen molar-refractivity contribution in [3.63, 3.8) is 0 Å². The molecular weight excluding hydrogens is 284 g/mol. The number of carbonyl (C=O) groups excluding carboxylic acids is 2. The first-order valence-corrected chi connectivity index (χ1v) is 8.48. The molecule has 0 unspecified atom stereocenters. The molecule has 2 heterocycles. The van der Waals surface area contributed by atoms with Crippen LogP contribution in [0.1, 0.15) is 39.5 Å². The van der Waals surface area contributed by atoms with Gasteiger partial charge in [0.15, 0.2) is 0 Å². The predicted octanol–water partition coefficient (Wildman–Crippen LogP) is 1.88. The molecule has 6 nitrogen and oxygen atoms in total. The molecule has 2 saturated heterocycles. The molecule has 0 radical (unpaired) electrons. The highest BCUT2D eigenvalue weighted by Crippen LogP contribution is 2.24. The number of carbonyl (C=O) groups is 2. The van der Waals surface area contributed by atoms with Crippen LogP contribution in [0.25, 0.3) is 0 Å². The molecule has 0 N–H and O–H groups in total. The fourth-order valence-corrected chi connectivity index (χ4v) is 3.39. The molecule has 0 aromatic carbocycles. The van der Waals surface area contributed by atoms with Crippen LogP contribution in [0, 0.1) is 5.92 Å². The predicted molar refractivity (Wildman–Crippen MR) is 82.5 cm³/mol. The Morgan fingerprint density at radius 3 is 2.05 bits per heavy atom. The minimum Gasteiger partial charge on any atom is -0.466 e. The molecule has 0 aromatic heterocycles. The monoisotopic (exact) mass is 312 g/mol. The first kappa shape index (κ1) is 17.1. The van der Waals surface area contributed by atoms with E-state index in [9.17, 15) is 9.59 Å². The maximum absolute atomic E-state index is 11.8. The van der Waals surface area contributed by atoms with Crippen LogP contribution in [-0.4, -0.2) is 67.3 Å². The van der Waals surface area contributed by atoms with Gasteiger partial charge in [-0.05, 0) is 52.6 Å². The highest BCUT2D eigenvalue weighted by molar-refractivity contribution is 5.72. The van der Waals surface area contributed by atoms with Gasteiger partial charge in [-0.1, -0.05) is 0 Å². The molecule has 2 aliphatic heterocycles. The minimum absolute atomic E-state index is 0.0423. The number of piperidine rings is 2. The van der Waals surface area contributed by atoms with Gasteiger partial charge in [0.05, 0.1) is 19.1 Å². The number of ether oxygens (including phenoxy) is 2.